The average molecular weight is 395 g/mol. The number of allylic oxidation sites excluding steroid dienone is 3. The van der Waals surface area contributed by atoms with Crippen LogP contribution < -0.4 is 0 Å². The van der Waals surface area contributed by atoms with E-state index in [4.69, 9.17) is 4.74 Å². The summed E-state index contributed by atoms with van der Waals surface area (Å²) in [5, 5.41) is 4.67. The van der Waals surface area contributed by atoms with Gasteiger partial charge in [0, 0.05) is 29.1 Å². The van der Waals surface area contributed by atoms with Crippen molar-refractivity contribution in [1.82, 2.24) is 14.7 Å². The lowest BCUT2D eigenvalue weighted by Crippen LogP contribution is -2.41. The number of fused-ring (bicyclic) bond motifs is 1. The molecule has 1 atom stereocenters. The predicted octanol–water partition coefficient (Wildman–Crippen LogP) is 2.69. The first-order valence-corrected chi connectivity index (χ1v) is 10.4. The number of benzene rings is 1. The minimum absolute atomic E-state index is 0.156. The lowest BCUT2D eigenvalue weighted by molar-refractivity contribution is 0.0298. The van der Waals surface area contributed by atoms with Crippen LogP contribution >= 0.6 is 0 Å². The molecule has 1 unspecified atom stereocenters. The number of ether oxygens (including phenoxy) is 1. The molecule has 7 heteroatoms. The molecule has 0 bridgehead atoms. The Kier molecular flexibility index (Phi) is 5.11. The fraction of sp³-hybridized carbons (Fsp3) is 0.238. The van der Waals surface area contributed by atoms with Crippen LogP contribution in [0.2, 0.25) is 0 Å². The van der Waals surface area contributed by atoms with Crippen molar-refractivity contribution in [3.8, 4) is 5.69 Å². The summed E-state index contributed by atoms with van der Waals surface area (Å²) < 4.78 is 19.9. The minimum atomic E-state index is -1.30. The summed E-state index contributed by atoms with van der Waals surface area (Å²) in [7, 11) is -1.30. The Balaban J connectivity index is 1.93. The van der Waals surface area contributed by atoms with Gasteiger partial charge in [0.2, 0.25) is 0 Å². The van der Waals surface area contributed by atoms with Crippen LogP contribution in [0.1, 0.15) is 21.7 Å². The molecule has 1 aromatic carbocycles. The molecule has 4 rings (SSSR count). The summed E-state index contributed by atoms with van der Waals surface area (Å²) >= 11 is 0. The van der Waals surface area contributed by atoms with Gasteiger partial charge in [0.15, 0.2) is 5.69 Å². The van der Waals surface area contributed by atoms with E-state index < -0.39 is 10.8 Å². The highest BCUT2D eigenvalue weighted by Crippen LogP contribution is 2.36. The van der Waals surface area contributed by atoms with E-state index in [0.717, 1.165) is 11.4 Å². The zero-order valence-electron chi connectivity index (χ0n) is 15.5. The highest BCUT2D eigenvalue weighted by Gasteiger charge is 2.34. The lowest BCUT2D eigenvalue weighted by Gasteiger charge is -2.26. The van der Waals surface area contributed by atoms with Crippen LogP contribution in [-0.2, 0) is 21.3 Å². The number of nitrogens with zero attached hydrogens (tertiary/aromatic N) is 3. The number of aromatic nitrogens is 2. The second kappa shape index (κ2) is 7.69. The minimum Gasteiger partial charge on any atom is -0.378 e. The van der Waals surface area contributed by atoms with E-state index in [9.17, 15) is 9.00 Å². The lowest BCUT2D eigenvalue weighted by atomic mass is 10.0. The Morgan fingerprint density at radius 2 is 1.86 bits per heavy atom. The Morgan fingerprint density at radius 3 is 2.50 bits per heavy atom. The normalized spacial score (nSPS) is 19.3. The third-order valence-electron chi connectivity index (χ3n) is 4.92. The van der Waals surface area contributed by atoms with E-state index >= 15 is 0 Å². The van der Waals surface area contributed by atoms with Crippen LogP contribution in [0.4, 0.5) is 0 Å². The largest absolute Gasteiger partial charge is 0.378 e. The Labute approximate surface area is 166 Å². The fourth-order valence-electron chi connectivity index (χ4n) is 3.56. The molecular formula is C21H21N3O3S. The van der Waals surface area contributed by atoms with Gasteiger partial charge >= 0.3 is 0 Å². The molecule has 0 N–H and O–H groups in total. The molecule has 2 aliphatic heterocycles. The predicted molar refractivity (Wildman–Crippen MR) is 109 cm³/mol. The maximum atomic E-state index is 13.2. The Bertz CT molecular complexity index is 1000. The number of hydrogen-bond acceptors (Lipinski definition) is 4. The second-order valence-electron chi connectivity index (χ2n) is 6.50. The molecule has 1 saturated heterocycles. The number of carbonyl (C=O) groups is 1. The van der Waals surface area contributed by atoms with Crippen molar-refractivity contribution < 1.29 is 13.7 Å². The van der Waals surface area contributed by atoms with E-state index in [1.807, 2.05) is 30.3 Å². The topological polar surface area (TPSA) is 64.4 Å². The molecular weight excluding hydrogens is 374 g/mol. The summed E-state index contributed by atoms with van der Waals surface area (Å²) in [6, 6.07) is 9.61. The number of morpholine rings is 1. The van der Waals surface area contributed by atoms with Crippen LogP contribution in [-0.4, -0.2) is 51.1 Å². The first-order chi connectivity index (χ1) is 13.7. The van der Waals surface area contributed by atoms with Crippen molar-refractivity contribution in [3.05, 3.63) is 77.5 Å². The monoisotopic (exact) mass is 395 g/mol. The van der Waals surface area contributed by atoms with Gasteiger partial charge in [-0.2, -0.15) is 5.10 Å². The van der Waals surface area contributed by atoms with Crippen LogP contribution in [0.3, 0.4) is 0 Å². The molecule has 1 aromatic heterocycles. The molecule has 0 radical (unpaired) electrons. The first-order valence-electron chi connectivity index (χ1n) is 9.08. The standard InChI is InChI=1S/C21H21N3O3S/c1-3-16-18(4-2)28(26)14-17-19(21(25)23-10-12-27-13-11-23)22-24(20(16)17)15-8-6-5-7-9-15/h3-9H,1-2,10-14H2. The summed E-state index contributed by atoms with van der Waals surface area (Å²) in [4.78, 5) is 15.6. The third kappa shape index (κ3) is 3.06. The maximum absolute atomic E-state index is 13.2. The SMILES string of the molecule is C=CC1=C(C=C)S(=O)Cc2c(C(=O)N3CCOCC3)nn(-c3ccccc3)c21. The van der Waals surface area contributed by atoms with Crippen LogP contribution in [0.25, 0.3) is 11.3 Å². The second-order valence-corrected chi connectivity index (χ2v) is 7.92. The maximum Gasteiger partial charge on any atom is 0.274 e. The fourth-order valence-corrected chi connectivity index (χ4v) is 4.86. The summed E-state index contributed by atoms with van der Waals surface area (Å²) in [6.07, 6.45) is 3.26. The Morgan fingerprint density at radius 1 is 1.14 bits per heavy atom. The molecule has 2 aliphatic rings. The molecule has 6 nitrogen and oxygen atoms in total. The molecule has 3 heterocycles. The molecule has 0 spiro atoms. The molecule has 0 saturated carbocycles. The zero-order valence-corrected chi connectivity index (χ0v) is 16.3. The molecule has 0 aliphatic carbocycles. The van der Waals surface area contributed by atoms with Crippen molar-refractivity contribution in [2.24, 2.45) is 0 Å². The highest BCUT2D eigenvalue weighted by atomic mass is 32.2. The van der Waals surface area contributed by atoms with Gasteiger partial charge in [-0.25, -0.2) is 4.68 Å². The van der Waals surface area contributed by atoms with Gasteiger partial charge in [0.05, 0.1) is 41.1 Å². The van der Waals surface area contributed by atoms with Crippen molar-refractivity contribution >= 4 is 22.3 Å². The van der Waals surface area contributed by atoms with E-state index in [0.29, 0.717) is 48.0 Å². The third-order valence-corrected chi connectivity index (χ3v) is 6.34. The molecule has 28 heavy (non-hydrogen) atoms. The molecule has 2 aromatic rings. The number of rotatable bonds is 4. The first kappa shape index (κ1) is 18.6. The number of amides is 1. The Hall–Kier alpha value is -2.77. The van der Waals surface area contributed by atoms with Gasteiger partial charge in [-0.1, -0.05) is 43.5 Å². The van der Waals surface area contributed by atoms with Crippen molar-refractivity contribution in [3.63, 3.8) is 0 Å². The van der Waals surface area contributed by atoms with Gasteiger partial charge in [0.25, 0.3) is 5.91 Å². The van der Waals surface area contributed by atoms with Crippen LogP contribution in [0.5, 0.6) is 0 Å². The van der Waals surface area contributed by atoms with Gasteiger partial charge in [-0.15, -0.1) is 0 Å². The zero-order chi connectivity index (χ0) is 19.7. The average Bonchev–Trinajstić information content (AvgIpc) is 3.12. The van der Waals surface area contributed by atoms with E-state index in [-0.39, 0.29) is 11.7 Å². The van der Waals surface area contributed by atoms with E-state index in [1.54, 1.807) is 21.7 Å². The number of para-hydroxylation sites is 1. The van der Waals surface area contributed by atoms with Crippen LogP contribution in [0.15, 0.2) is 60.5 Å². The van der Waals surface area contributed by atoms with E-state index in [1.165, 1.54) is 0 Å². The van der Waals surface area contributed by atoms with Gasteiger partial charge < -0.3 is 9.64 Å². The van der Waals surface area contributed by atoms with Crippen molar-refractivity contribution in [2.45, 2.75) is 5.75 Å². The summed E-state index contributed by atoms with van der Waals surface area (Å²) in [5.74, 6) is 0.0726. The summed E-state index contributed by atoms with van der Waals surface area (Å²) in [5.41, 5.74) is 3.32. The smallest absolute Gasteiger partial charge is 0.274 e. The van der Waals surface area contributed by atoms with Gasteiger partial charge in [-0.05, 0) is 12.1 Å². The highest BCUT2D eigenvalue weighted by molar-refractivity contribution is 7.88. The van der Waals surface area contributed by atoms with Crippen LogP contribution in [0, 0.1) is 0 Å². The van der Waals surface area contributed by atoms with Gasteiger partial charge in [0.1, 0.15) is 0 Å². The quantitative estimate of drug-likeness (QED) is 0.799. The molecule has 1 amide bonds. The number of carbonyl (C=O) groups excluding carboxylic acids is 1. The molecule has 1 fully saturated rings. The van der Waals surface area contributed by atoms with E-state index in [2.05, 4.69) is 18.3 Å². The number of hydrogen-bond donors (Lipinski definition) is 0. The molecule has 144 valence electrons. The van der Waals surface area contributed by atoms with Crippen molar-refractivity contribution in [1.29, 1.82) is 0 Å². The summed E-state index contributed by atoms with van der Waals surface area (Å²) in [6.45, 7) is 9.78. The van der Waals surface area contributed by atoms with Gasteiger partial charge in [-0.3, -0.25) is 9.00 Å². The van der Waals surface area contributed by atoms with Crippen molar-refractivity contribution in [2.75, 3.05) is 26.3 Å².